The predicted octanol–water partition coefficient (Wildman–Crippen LogP) is 2.98. The van der Waals surface area contributed by atoms with Crippen LogP contribution < -0.4 is 5.32 Å². The number of carbonyl (C=O) groups excluding carboxylic acids is 2. The molecule has 0 saturated heterocycles. The summed E-state index contributed by atoms with van der Waals surface area (Å²) in [6.45, 7) is 1.14. The van der Waals surface area contributed by atoms with Crippen LogP contribution in [0, 0.1) is 17.5 Å². The summed E-state index contributed by atoms with van der Waals surface area (Å²) in [5, 5.41) is 11.3. The monoisotopic (exact) mass is 400 g/mol. The molecule has 152 valence electrons. The van der Waals surface area contributed by atoms with Gasteiger partial charge in [0.15, 0.2) is 23.1 Å². The molecule has 1 atom stereocenters. The van der Waals surface area contributed by atoms with Gasteiger partial charge in [-0.25, -0.2) is 13.2 Å². The Hall–Kier alpha value is -2.30. The van der Waals surface area contributed by atoms with Crippen molar-refractivity contribution in [2.75, 3.05) is 18.4 Å². The summed E-state index contributed by atoms with van der Waals surface area (Å²) in [4.78, 5) is 24.7. The molecule has 1 rings (SSSR count). The summed E-state index contributed by atoms with van der Waals surface area (Å²) in [5.74, 6) is -7.12. The number of alkyl halides is 3. The molecular weight excluding hydrogens is 382 g/mol. The van der Waals surface area contributed by atoms with Crippen molar-refractivity contribution in [3.8, 4) is 0 Å². The van der Waals surface area contributed by atoms with E-state index in [2.05, 4.69) is 0 Å². The van der Waals surface area contributed by atoms with Crippen molar-refractivity contribution in [1.29, 1.82) is 0 Å². The lowest BCUT2D eigenvalue weighted by Crippen LogP contribution is -2.48. The topological polar surface area (TPSA) is 69.6 Å². The SMILES string of the molecule is CCCN(CC(=O)Nc1ccc(F)c(F)c1F)C(=O)C[C@](C)(O)C(F)(F)F. The zero-order valence-electron chi connectivity index (χ0n) is 14.5. The lowest BCUT2D eigenvalue weighted by atomic mass is 10.0. The predicted molar refractivity (Wildman–Crippen MR) is 83.1 cm³/mol. The third-order valence-corrected chi connectivity index (χ3v) is 3.60. The van der Waals surface area contributed by atoms with Gasteiger partial charge in [-0.2, -0.15) is 13.2 Å². The van der Waals surface area contributed by atoms with E-state index in [9.17, 15) is 41.0 Å². The molecule has 1 aromatic carbocycles. The maximum Gasteiger partial charge on any atom is 0.417 e. The molecule has 0 aliphatic carbocycles. The largest absolute Gasteiger partial charge is 0.417 e. The molecule has 0 aliphatic heterocycles. The second-order valence-electron chi connectivity index (χ2n) is 6.03. The van der Waals surface area contributed by atoms with E-state index in [4.69, 9.17) is 0 Å². The summed E-state index contributed by atoms with van der Waals surface area (Å²) >= 11 is 0. The van der Waals surface area contributed by atoms with E-state index < -0.39 is 59.7 Å². The quantitative estimate of drug-likeness (QED) is 0.546. The number of amides is 2. The minimum atomic E-state index is -5.06. The number of nitrogens with one attached hydrogen (secondary N) is 1. The average Bonchev–Trinajstić information content (AvgIpc) is 2.53. The minimum Gasteiger partial charge on any atom is -0.380 e. The second kappa shape index (κ2) is 8.59. The van der Waals surface area contributed by atoms with Gasteiger partial charge in [-0.3, -0.25) is 9.59 Å². The Balaban J connectivity index is 2.86. The summed E-state index contributed by atoms with van der Waals surface area (Å²) in [5.41, 5.74) is -3.98. The van der Waals surface area contributed by atoms with Gasteiger partial charge < -0.3 is 15.3 Å². The van der Waals surface area contributed by atoms with Crippen LogP contribution in [0.5, 0.6) is 0 Å². The highest BCUT2D eigenvalue weighted by molar-refractivity contribution is 5.94. The molecule has 27 heavy (non-hydrogen) atoms. The Kier molecular flexibility index (Phi) is 7.24. The first-order chi connectivity index (χ1) is 12.3. The maximum atomic E-state index is 13.6. The Morgan fingerprint density at radius 2 is 1.74 bits per heavy atom. The molecule has 0 spiro atoms. The number of benzene rings is 1. The van der Waals surface area contributed by atoms with Gasteiger partial charge in [-0.05, 0) is 25.5 Å². The van der Waals surface area contributed by atoms with E-state index in [1.807, 2.05) is 5.32 Å². The number of rotatable bonds is 7. The van der Waals surface area contributed by atoms with E-state index in [-0.39, 0.29) is 13.0 Å². The van der Waals surface area contributed by atoms with Crippen molar-refractivity contribution in [3.63, 3.8) is 0 Å². The molecule has 2 amide bonds. The van der Waals surface area contributed by atoms with Crippen molar-refractivity contribution < 1.29 is 41.0 Å². The summed E-state index contributed by atoms with van der Waals surface area (Å²) in [6, 6.07) is 1.33. The molecule has 0 unspecified atom stereocenters. The van der Waals surface area contributed by atoms with Crippen LogP contribution in [-0.4, -0.2) is 46.7 Å². The van der Waals surface area contributed by atoms with Crippen LogP contribution in [0.4, 0.5) is 32.0 Å². The number of carbonyl (C=O) groups is 2. The van der Waals surface area contributed by atoms with Gasteiger partial charge in [0.25, 0.3) is 0 Å². The molecule has 5 nitrogen and oxygen atoms in total. The van der Waals surface area contributed by atoms with Crippen LogP contribution in [0.15, 0.2) is 12.1 Å². The Morgan fingerprint density at radius 1 is 1.15 bits per heavy atom. The highest BCUT2D eigenvalue weighted by Crippen LogP contribution is 2.33. The smallest absolute Gasteiger partial charge is 0.380 e. The third-order valence-electron chi connectivity index (χ3n) is 3.60. The lowest BCUT2D eigenvalue weighted by Gasteiger charge is -2.29. The highest BCUT2D eigenvalue weighted by Gasteiger charge is 2.51. The normalized spacial score (nSPS) is 13.8. The molecular formula is C16H18F6N2O3. The van der Waals surface area contributed by atoms with Gasteiger partial charge in [0, 0.05) is 6.54 Å². The standard InChI is InChI=1S/C16H18F6N2O3/c1-3-6-24(12(26)7-15(2,27)16(20,21)22)8-11(25)23-10-5-4-9(17)13(18)14(10)19/h4-5,27H,3,6-8H2,1-2H3,(H,23,25)/t15-/m0/s1. The van der Waals surface area contributed by atoms with E-state index in [1.165, 1.54) is 0 Å². The molecule has 1 aromatic rings. The number of hydrogen-bond acceptors (Lipinski definition) is 3. The van der Waals surface area contributed by atoms with Crippen LogP contribution in [0.25, 0.3) is 0 Å². The van der Waals surface area contributed by atoms with E-state index in [1.54, 1.807) is 6.92 Å². The van der Waals surface area contributed by atoms with Gasteiger partial charge in [0.1, 0.15) is 0 Å². The van der Waals surface area contributed by atoms with Crippen molar-refractivity contribution in [2.45, 2.75) is 38.5 Å². The van der Waals surface area contributed by atoms with Crippen molar-refractivity contribution in [3.05, 3.63) is 29.6 Å². The fourth-order valence-electron chi connectivity index (χ4n) is 2.05. The molecule has 2 N–H and O–H groups in total. The van der Waals surface area contributed by atoms with E-state index >= 15 is 0 Å². The molecule has 0 aliphatic rings. The Morgan fingerprint density at radius 3 is 2.26 bits per heavy atom. The highest BCUT2D eigenvalue weighted by atomic mass is 19.4. The van der Waals surface area contributed by atoms with Gasteiger partial charge in [0.2, 0.25) is 11.8 Å². The van der Waals surface area contributed by atoms with Crippen LogP contribution in [0.1, 0.15) is 26.7 Å². The number of aliphatic hydroxyl groups is 1. The van der Waals surface area contributed by atoms with E-state index in [0.717, 1.165) is 11.0 Å². The van der Waals surface area contributed by atoms with Crippen LogP contribution in [0.2, 0.25) is 0 Å². The van der Waals surface area contributed by atoms with Crippen LogP contribution >= 0.6 is 0 Å². The molecule has 0 aromatic heterocycles. The van der Waals surface area contributed by atoms with E-state index in [0.29, 0.717) is 13.0 Å². The Bertz CT molecular complexity index is 706. The van der Waals surface area contributed by atoms with Gasteiger partial charge >= 0.3 is 6.18 Å². The molecule has 0 heterocycles. The van der Waals surface area contributed by atoms with Crippen LogP contribution in [-0.2, 0) is 9.59 Å². The zero-order valence-corrected chi connectivity index (χ0v) is 14.5. The van der Waals surface area contributed by atoms with Crippen LogP contribution in [0.3, 0.4) is 0 Å². The van der Waals surface area contributed by atoms with Gasteiger partial charge in [-0.1, -0.05) is 6.92 Å². The number of halogens is 6. The molecule has 0 saturated carbocycles. The van der Waals surface area contributed by atoms with Crippen molar-refractivity contribution in [2.24, 2.45) is 0 Å². The third kappa shape index (κ3) is 5.84. The zero-order chi connectivity index (χ0) is 21.0. The molecule has 11 heteroatoms. The molecule has 0 fully saturated rings. The summed E-state index contributed by atoms with van der Waals surface area (Å²) < 4.78 is 77.7. The first kappa shape index (κ1) is 22.7. The minimum absolute atomic E-state index is 0.111. The maximum absolute atomic E-state index is 13.6. The summed E-state index contributed by atoms with van der Waals surface area (Å²) in [6.07, 6.45) is -6.09. The lowest BCUT2D eigenvalue weighted by molar-refractivity contribution is -0.254. The molecule has 0 bridgehead atoms. The average molecular weight is 400 g/mol. The fourth-order valence-corrected chi connectivity index (χ4v) is 2.05. The van der Waals surface area contributed by atoms with Crippen molar-refractivity contribution in [1.82, 2.24) is 4.90 Å². The number of anilines is 1. The van der Waals surface area contributed by atoms with Gasteiger partial charge in [-0.15, -0.1) is 0 Å². The Labute approximate surface area is 151 Å². The van der Waals surface area contributed by atoms with Gasteiger partial charge in [0.05, 0.1) is 18.7 Å². The van der Waals surface area contributed by atoms with Crippen molar-refractivity contribution >= 4 is 17.5 Å². The first-order valence-electron chi connectivity index (χ1n) is 7.80. The molecule has 0 radical (unpaired) electrons. The second-order valence-corrected chi connectivity index (χ2v) is 6.03. The first-order valence-corrected chi connectivity index (χ1v) is 7.80. The fraction of sp³-hybridized carbons (Fsp3) is 0.500. The summed E-state index contributed by atoms with van der Waals surface area (Å²) in [7, 11) is 0. The number of nitrogens with zero attached hydrogens (tertiary/aromatic N) is 1. The number of hydrogen-bond donors (Lipinski definition) is 2.